The number of thioether (sulfide) groups is 1. The number of Topliss-reactive ketones (excluding diaryl/α,β-unsaturated/α-hetero) is 1. The average Bonchev–Trinajstić information content (AvgIpc) is 3.18. The number of benzene rings is 1. The molecule has 0 aliphatic heterocycles. The summed E-state index contributed by atoms with van der Waals surface area (Å²) in [5.74, 6) is -0.320. The molecule has 25 heavy (non-hydrogen) atoms. The maximum atomic E-state index is 11.7. The first-order valence-electron chi connectivity index (χ1n) is 7.29. The Morgan fingerprint density at radius 2 is 2.12 bits per heavy atom. The Bertz CT molecular complexity index is 947. The third-order valence-corrected chi connectivity index (χ3v) is 4.23. The minimum Gasteiger partial charge on any atom is -0.481 e. The summed E-state index contributed by atoms with van der Waals surface area (Å²) >= 11 is 1.03. The topological polar surface area (TPSA) is 111 Å². The highest BCUT2D eigenvalue weighted by atomic mass is 32.2. The predicted octanol–water partition coefficient (Wildman–Crippen LogP) is 2.61. The molecule has 0 saturated carbocycles. The van der Waals surface area contributed by atoms with E-state index in [0.29, 0.717) is 33.8 Å². The summed E-state index contributed by atoms with van der Waals surface area (Å²) < 4.78 is 6.90. The molecule has 0 spiro atoms. The molecule has 0 aliphatic rings. The molecule has 0 aliphatic carbocycles. The fourth-order valence-corrected chi connectivity index (χ4v) is 2.89. The summed E-state index contributed by atoms with van der Waals surface area (Å²) in [4.78, 5) is 26.8. The number of hydrogen-bond donors (Lipinski definition) is 1. The third-order valence-electron chi connectivity index (χ3n) is 3.32. The predicted molar refractivity (Wildman–Crippen MR) is 90.0 cm³/mol. The molecule has 0 unspecified atom stereocenters. The van der Waals surface area contributed by atoms with Crippen LogP contribution in [0.15, 0.2) is 40.1 Å². The van der Waals surface area contributed by atoms with Crippen LogP contribution in [0.25, 0.3) is 17.2 Å². The van der Waals surface area contributed by atoms with Crippen molar-refractivity contribution in [2.75, 3.05) is 5.75 Å². The second kappa shape index (κ2) is 6.89. The van der Waals surface area contributed by atoms with Crippen molar-refractivity contribution in [1.29, 1.82) is 0 Å². The fourth-order valence-electron chi connectivity index (χ4n) is 2.22. The smallest absolute Gasteiger partial charge is 0.313 e. The maximum absolute atomic E-state index is 11.7. The van der Waals surface area contributed by atoms with Crippen molar-refractivity contribution >= 4 is 23.5 Å². The van der Waals surface area contributed by atoms with Gasteiger partial charge < -0.3 is 9.52 Å². The molecule has 0 atom stereocenters. The summed E-state index contributed by atoms with van der Waals surface area (Å²) in [6.45, 7) is 3.19. The van der Waals surface area contributed by atoms with E-state index < -0.39 is 5.97 Å². The number of aryl methyl sites for hydroxylation is 1. The van der Waals surface area contributed by atoms with Gasteiger partial charge in [0.2, 0.25) is 0 Å². The standard InChI is InChI=1S/C16H14N4O4S/c1-9(21)11-4-3-5-12(6-11)20-15(13-7-24-10(2)17-13)18-19-16(20)25-8-14(22)23/h3-7H,8H2,1-2H3,(H,22,23). The van der Waals surface area contributed by atoms with Crippen LogP contribution in [-0.2, 0) is 4.79 Å². The highest BCUT2D eigenvalue weighted by molar-refractivity contribution is 7.99. The van der Waals surface area contributed by atoms with Crippen molar-refractivity contribution in [3.63, 3.8) is 0 Å². The summed E-state index contributed by atoms with van der Waals surface area (Å²) in [5, 5.41) is 17.5. The highest BCUT2D eigenvalue weighted by Gasteiger charge is 2.20. The number of aliphatic carboxylic acids is 1. The highest BCUT2D eigenvalue weighted by Crippen LogP contribution is 2.28. The van der Waals surface area contributed by atoms with Gasteiger partial charge in [-0.1, -0.05) is 23.9 Å². The van der Waals surface area contributed by atoms with E-state index in [1.807, 2.05) is 0 Å². The molecule has 3 aromatic rings. The van der Waals surface area contributed by atoms with Crippen molar-refractivity contribution in [1.82, 2.24) is 19.7 Å². The molecular weight excluding hydrogens is 344 g/mol. The van der Waals surface area contributed by atoms with E-state index >= 15 is 0 Å². The number of aromatic nitrogens is 4. The van der Waals surface area contributed by atoms with Gasteiger partial charge in [0, 0.05) is 12.5 Å². The summed E-state index contributed by atoms with van der Waals surface area (Å²) in [7, 11) is 0. The molecule has 0 fully saturated rings. The molecule has 0 saturated heterocycles. The van der Waals surface area contributed by atoms with Gasteiger partial charge in [-0.15, -0.1) is 10.2 Å². The molecule has 8 nitrogen and oxygen atoms in total. The van der Waals surface area contributed by atoms with E-state index in [1.54, 1.807) is 35.8 Å². The van der Waals surface area contributed by atoms with Gasteiger partial charge in [-0.2, -0.15) is 0 Å². The molecule has 0 amide bonds. The fraction of sp³-hybridized carbons (Fsp3) is 0.188. The Labute approximate surface area is 146 Å². The number of ketones is 1. The zero-order valence-electron chi connectivity index (χ0n) is 13.5. The number of oxazole rings is 1. The van der Waals surface area contributed by atoms with Crippen molar-refractivity contribution < 1.29 is 19.1 Å². The van der Waals surface area contributed by atoms with Gasteiger partial charge in [0.25, 0.3) is 0 Å². The second-order valence-corrected chi connectivity index (χ2v) is 6.12. The number of carbonyl (C=O) groups excluding carboxylic acids is 1. The first-order valence-corrected chi connectivity index (χ1v) is 8.28. The molecule has 1 N–H and O–H groups in total. The quantitative estimate of drug-likeness (QED) is 0.529. The van der Waals surface area contributed by atoms with Crippen LogP contribution < -0.4 is 0 Å². The van der Waals surface area contributed by atoms with Crippen molar-refractivity contribution in [2.24, 2.45) is 0 Å². The van der Waals surface area contributed by atoms with Gasteiger partial charge in [0.15, 0.2) is 22.7 Å². The van der Waals surface area contributed by atoms with Gasteiger partial charge in [0.05, 0.1) is 11.4 Å². The van der Waals surface area contributed by atoms with Crippen molar-refractivity contribution in [3.05, 3.63) is 42.0 Å². The van der Waals surface area contributed by atoms with Gasteiger partial charge in [-0.25, -0.2) is 4.98 Å². The van der Waals surface area contributed by atoms with Crippen LogP contribution in [0.3, 0.4) is 0 Å². The first-order chi connectivity index (χ1) is 12.0. The van der Waals surface area contributed by atoms with E-state index in [9.17, 15) is 9.59 Å². The van der Waals surface area contributed by atoms with E-state index in [2.05, 4.69) is 15.2 Å². The Kier molecular flexibility index (Phi) is 4.66. The number of carboxylic acid groups (broad SMARTS) is 1. The Morgan fingerprint density at radius 3 is 2.76 bits per heavy atom. The zero-order valence-corrected chi connectivity index (χ0v) is 14.3. The Balaban J connectivity index is 2.13. The zero-order chi connectivity index (χ0) is 18.0. The minimum absolute atomic E-state index is 0.0755. The summed E-state index contributed by atoms with van der Waals surface area (Å²) in [5.41, 5.74) is 1.64. The molecule has 2 aromatic heterocycles. The van der Waals surface area contributed by atoms with Gasteiger partial charge >= 0.3 is 5.97 Å². The Morgan fingerprint density at radius 1 is 1.32 bits per heavy atom. The van der Waals surface area contributed by atoms with Gasteiger partial charge in [-0.05, 0) is 19.1 Å². The molecular formula is C16H14N4O4S. The maximum Gasteiger partial charge on any atom is 0.313 e. The van der Waals surface area contributed by atoms with Gasteiger partial charge in [-0.3, -0.25) is 14.2 Å². The van der Waals surface area contributed by atoms with E-state index in [-0.39, 0.29) is 11.5 Å². The number of hydrogen-bond acceptors (Lipinski definition) is 7. The van der Waals surface area contributed by atoms with Crippen LogP contribution in [0.1, 0.15) is 23.2 Å². The minimum atomic E-state index is -0.962. The number of carbonyl (C=O) groups is 2. The van der Waals surface area contributed by atoms with E-state index in [0.717, 1.165) is 11.8 Å². The lowest BCUT2D eigenvalue weighted by Gasteiger charge is -2.09. The molecule has 0 bridgehead atoms. The monoisotopic (exact) mass is 358 g/mol. The molecule has 9 heteroatoms. The number of carboxylic acids is 1. The molecule has 1 aromatic carbocycles. The lowest BCUT2D eigenvalue weighted by molar-refractivity contribution is -0.133. The SMILES string of the molecule is CC(=O)c1cccc(-n2c(SCC(=O)O)nnc2-c2coc(C)n2)c1. The molecule has 2 heterocycles. The van der Waals surface area contributed by atoms with Crippen LogP contribution in [0.4, 0.5) is 0 Å². The first kappa shape index (κ1) is 16.9. The summed E-state index contributed by atoms with van der Waals surface area (Å²) in [6.07, 6.45) is 1.45. The van der Waals surface area contributed by atoms with Crippen molar-refractivity contribution in [3.8, 4) is 17.2 Å². The van der Waals surface area contributed by atoms with Crippen molar-refractivity contribution in [2.45, 2.75) is 19.0 Å². The van der Waals surface area contributed by atoms with Crippen LogP contribution >= 0.6 is 11.8 Å². The third kappa shape index (κ3) is 3.61. The average molecular weight is 358 g/mol. The van der Waals surface area contributed by atoms with E-state index in [4.69, 9.17) is 9.52 Å². The lowest BCUT2D eigenvalue weighted by Crippen LogP contribution is -2.04. The second-order valence-electron chi connectivity index (χ2n) is 5.18. The largest absolute Gasteiger partial charge is 0.481 e. The van der Waals surface area contributed by atoms with Crippen LogP contribution in [-0.4, -0.2) is 42.4 Å². The normalized spacial score (nSPS) is 10.8. The van der Waals surface area contributed by atoms with Crippen LogP contribution in [0, 0.1) is 6.92 Å². The van der Waals surface area contributed by atoms with Gasteiger partial charge in [0.1, 0.15) is 12.0 Å². The van der Waals surface area contributed by atoms with Crippen LogP contribution in [0.5, 0.6) is 0 Å². The Hall–Kier alpha value is -2.94. The molecule has 128 valence electrons. The van der Waals surface area contributed by atoms with Crippen LogP contribution in [0.2, 0.25) is 0 Å². The lowest BCUT2D eigenvalue weighted by atomic mass is 10.1. The number of nitrogens with zero attached hydrogens (tertiary/aromatic N) is 4. The van der Waals surface area contributed by atoms with E-state index in [1.165, 1.54) is 13.2 Å². The summed E-state index contributed by atoms with van der Waals surface area (Å²) in [6, 6.07) is 6.94. The number of rotatable bonds is 6. The molecule has 3 rings (SSSR count). The molecule has 0 radical (unpaired) electrons.